The van der Waals surface area contributed by atoms with E-state index in [9.17, 15) is 13.2 Å². The number of pyridine rings is 1. The number of carbonyl (C=O) groups is 1. The molecular weight excluding hydrogens is 397 g/mol. The van der Waals surface area contributed by atoms with Crippen LogP contribution in [0.3, 0.4) is 0 Å². The van der Waals surface area contributed by atoms with E-state index in [1.54, 1.807) is 35.7 Å². The van der Waals surface area contributed by atoms with Crippen LogP contribution >= 0.6 is 23.2 Å². The second kappa shape index (κ2) is 6.95. The molecule has 0 fully saturated rings. The second-order valence-corrected chi connectivity index (χ2v) is 8.46. The maximum Gasteiger partial charge on any atom is 0.310 e. The molecule has 0 atom stereocenters. The minimum absolute atomic E-state index is 0.00836. The van der Waals surface area contributed by atoms with Crippen molar-refractivity contribution in [1.82, 2.24) is 4.40 Å². The van der Waals surface area contributed by atoms with Gasteiger partial charge in [0.25, 0.3) is 0 Å². The normalized spacial score (nSPS) is 11.7. The zero-order valence-electron chi connectivity index (χ0n) is 14.0. The van der Waals surface area contributed by atoms with E-state index >= 15 is 0 Å². The SMILES string of the molecule is COC(=O)Cc1c(C)c(S(=O)(=O)c2cc(Cl)cc(Cl)c2)n2ccccc12. The molecule has 26 heavy (non-hydrogen) atoms. The third-order valence-corrected chi connectivity index (χ3v) is 6.42. The van der Waals surface area contributed by atoms with Crippen molar-refractivity contribution in [2.24, 2.45) is 0 Å². The molecule has 2 aromatic heterocycles. The van der Waals surface area contributed by atoms with E-state index in [2.05, 4.69) is 0 Å². The van der Waals surface area contributed by atoms with Crippen molar-refractivity contribution in [1.29, 1.82) is 0 Å². The van der Waals surface area contributed by atoms with Crippen molar-refractivity contribution in [3.05, 3.63) is 63.8 Å². The topological polar surface area (TPSA) is 64.9 Å². The van der Waals surface area contributed by atoms with Gasteiger partial charge in [-0.1, -0.05) is 29.3 Å². The Balaban J connectivity index is 2.31. The summed E-state index contributed by atoms with van der Waals surface area (Å²) in [7, 11) is -2.63. The highest BCUT2D eigenvalue weighted by Crippen LogP contribution is 2.33. The molecule has 2 heterocycles. The first-order valence-corrected chi connectivity index (χ1v) is 9.86. The predicted octanol–water partition coefficient (Wildman–Crippen LogP) is 4.10. The average Bonchev–Trinajstić information content (AvgIpc) is 2.86. The molecule has 0 saturated carbocycles. The Labute approximate surface area is 161 Å². The summed E-state index contributed by atoms with van der Waals surface area (Å²) in [5.74, 6) is -0.445. The molecular formula is C18H15Cl2NO4S. The number of benzene rings is 1. The van der Waals surface area contributed by atoms with Crippen LogP contribution in [0, 0.1) is 6.92 Å². The van der Waals surface area contributed by atoms with Gasteiger partial charge < -0.3 is 9.14 Å². The maximum atomic E-state index is 13.3. The number of methoxy groups -OCH3 is 1. The maximum absolute atomic E-state index is 13.3. The fourth-order valence-corrected chi connectivity index (χ4v) is 5.32. The van der Waals surface area contributed by atoms with Crippen LogP contribution in [-0.2, 0) is 25.8 Å². The zero-order chi connectivity index (χ0) is 19.1. The standard InChI is InChI=1S/C18H15Cl2NO4S/c1-11-15(10-17(22)25-2)16-5-3-4-6-21(16)18(11)26(23,24)14-8-12(19)7-13(20)9-14/h3-9H,10H2,1-2H3. The number of aromatic nitrogens is 1. The van der Waals surface area contributed by atoms with Crippen LogP contribution in [-0.4, -0.2) is 25.9 Å². The number of halogens is 2. The Bertz CT molecular complexity index is 1100. The number of rotatable bonds is 4. The molecule has 5 nitrogen and oxygen atoms in total. The molecule has 0 aliphatic heterocycles. The van der Waals surface area contributed by atoms with Crippen LogP contribution in [0.1, 0.15) is 11.1 Å². The van der Waals surface area contributed by atoms with Gasteiger partial charge in [-0.15, -0.1) is 0 Å². The van der Waals surface area contributed by atoms with Gasteiger partial charge in [0.1, 0.15) is 5.03 Å². The number of hydrogen-bond donors (Lipinski definition) is 0. The molecule has 136 valence electrons. The van der Waals surface area contributed by atoms with E-state index in [0.29, 0.717) is 16.6 Å². The van der Waals surface area contributed by atoms with Gasteiger partial charge in [0, 0.05) is 16.2 Å². The Morgan fingerprint density at radius 1 is 1.15 bits per heavy atom. The molecule has 0 aliphatic carbocycles. The summed E-state index contributed by atoms with van der Waals surface area (Å²) in [6.07, 6.45) is 1.61. The quantitative estimate of drug-likeness (QED) is 0.606. The molecule has 0 unspecified atom stereocenters. The lowest BCUT2D eigenvalue weighted by molar-refractivity contribution is -0.139. The third kappa shape index (κ3) is 3.20. The van der Waals surface area contributed by atoms with Crippen molar-refractivity contribution in [3.63, 3.8) is 0 Å². The highest BCUT2D eigenvalue weighted by Gasteiger charge is 2.28. The minimum Gasteiger partial charge on any atom is -0.469 e. The van der Waals surface area contributed by atoms with Crippen molar-refractivity contribution < 1.29 is 17.9 Å². The minimum atomic E-state index is -3.92. The van der Waals surface area contributed by atoms with Gasteiger partial charge in [-0.2, -0.15) is 0 Å². The molecule has 0 radical (unpaired) electrons. The molecule has 0 saturated heterocycles. The summed E-state index contributed by atoms with van der Waals surface area (Å²) in [6.45, 7) is 1.67. The summed E-state index contributed by atoms with van der Waals surface area (Å²) in [6, 6.07) is 9.43. The van der Waals surface area contributed by atoms with E-state index in [0.717, 1.165) is 0 Å². The van der Waals surface area contributed by atoms with Gasteiger partial charge in [0.05, 0.1) is 23.9 Å². The molecule has 0 bridgehead atoms. The Hall–Kier alpha value is -2.02. The van der Waals surface area contributed by atoms with Crippen molar-refractivity contribution in [3.8, 4) is 0 Å². The van der Waals surface area contributed by atoms with Gasteiger partial charge in [0.2, 0.25) is 9.84 Å². The van der Waals surface area contributed by atoms with Crippen LogP contribution in [0.5, 0.6) is 0 Å². The average molecular weight is 412 g/mol. The number of esters is 1. The predicted molar refractivity (Wildman–Crippen MR) is 99.8 cm³/mol. The summed E-state index contributed by atoms with van der Waals surface area (Å²) in [4.78, 5) is 11.8. The van der Waals surface area contributed by atoms with Crippen LogP contribution in [0.15, 0.2) is 52.5 Å². The van der Waals surface area contributed by atoms with E-state index < -0.39 is 15.8 Å². The lowest BCUT2D eigenvalue weighted by Crippen LogP contribution is -2.08. The molecule has 0 N–H and O–H groups in total. The van der Waals surface area contributed by atoms with Gasteiger partial charge in [0.15, 0.2) is 0 Å². The summed E-state index contributed by atoms with van der Waals surface area (Å²) >= 11 is 12.0. The molecule has 0 amide bonds. The molecule has 3 rings (SSSR count). The first-order valence-electron chi connectivity index (χ1n) is 7.62. The van der Waals surface area contributed by atoms with Gasteiger partial charge in [-0.25, -0.2) is 8.42 Å². The molecule has 1 aromatic carbocycles. The highest BCUT2D eigenvalue weighted by atomic mass is 35.5. The van der Waals surface area contributed by atoms with Crippen molar-refractivity contribution in [2.75, 3.05) is 7.11 Å². The molecule has 0 aliphatic rings. The van der Waals surface area contributed by atoms with Gasteiger partial charge >= 0.3 is 5.97 Å². The van der Waals surface area contributed by atoms with Gasteiger partial charge in [-0.05, 0) is 48.4 Å². The Morgan fingerprint density at radius 2 is 1.81 bits per heavy atom. The largest absolute Gasteiger partial charge is 0.469 e. The van der Waals surface area contributed by atoms with E-state index in [4.69, 9.17) is 27.9 Å². The van der Waals surface area contributed by atoms with Gasteiger partial charge in [-0.3, -0.25) is 4.79 Å². The second-order valence-electron chi connectivity index (χ2n) is 5.73. The monoisotopic (exact) mass is 411 g/mol. The lowest BCUT2D eigenvalue weighted by Gasteiger charge is -2.08. The fraction of sp³-hybridized carbons (Fsp3) is 0.167. The fourth-order valence-electron chi connectivity index (χ4n) is 2.93. The lowest BCUT2D eigenvalue weighted by atomic mass is 10.1. The first kappa shape index (κ1) is 18.8. The summed E-state index contributed by atoms with van der Waals surface area (Å²) in [5.41, 5.74) is 1.71. The Kier molecular flexibility index (Phi) is 5.01. The van der Waals surface area contributed by atoms with Crippen LogP contribution in [0.4, 0.5) is 0 Å². The molecule has 3 aromatic rings. The van der Waals surface area contributed by atoms with E-state index in [1.807, 2.05) is 0 Å². The van der Waals surface area contributed by atoms with Crippen molar-refractivity contribution in [2.45, 2.75) is 23.3 Å². The van der Waals surface area contributed by atoms with E-state index in [-0.39, 0.29) is 26.4 Å². The summed E-state index contributed by atoms with van der Waals surface area (Å²) in [5, 5.41) is 0.527. The smallest absolute Gasteiger partial charge is 0.310 e. The summed E-state index contributed by atoms with van der Waals surface area (Å²) < 4.78 is 32.9. The van der Waals surface area contributed by atoms with Crippen molar-refractivity contribution >= 4 is 44.5 Å². The van der Waals surface area contributed by atoms with E-state index in [1.165, 1.54) is 25.3 Å². The number of fused-ring (bicyclic) bond motifs is 1. The van der Waals surface area contributed by atoms with Crippen LogP contribution in [0.25, 0.3) is 5.52 Å². The number of nitrogens with zero attached hydrogens (tertiary/aromatic N) is 1. The van der Waals surface area contributed by atoms with Crippen LogP contribution < -0.4 is 0 Å². The number of ether oxygens (including phenoxy) is 1. The number of hydrogen-bond acceptors (Lipinski definition) is 4. The number of sulfone groups is 1. The van der Waals surface area contributed by atoms with Crippen LogP contribution in [0.2, 0.25) is 10.0 Å². The molecule has 0 spiro atoms. The zero-order valence-corrected chi connectivity index (χ0v) is 16.3. The third-order valence-electron chi connectivity index (χ3n) is 4.11. The first-order chi connectivity index (χ1) is 12.3. The Morgan fingerprint density at radius 3 is 2.42 bits per heavy atom. The molecule has 8 heteroatoms. The highest BCUT2D eigenvalue weighted by molar-refractivity contribution is 7.91. The number of carbonyl (C=O) groups excluding carboxylic acids is 1.